The lowest BCUT2D eigenvalue weighted by Crippen LogP contribution is -2.13. The van der Waals surface area contributed by atoms with E-state index in [1.165, 1.54) is 6.20 Å². The highest BCUT2D eigenvalue weighted by Crippen LogP contribution is 2.30. The molecular formula is C12H9F3N2O. The van der Waals surface area contributed by atoms with Gasteiger partial charge in [-0.3, -0.25) is 9.78 Å². The molecule has 0 aliphatic carbocycles. The van der Waals surface area contributed by atoms with Crippen LogP contribution in [0, 0.1) is 6.92 Å². The normalized spacial score (nSPS) is 11.6. The van der Waals surface area contributed by atoms with Gasteiger partial charge in [0.15, 0.2) is 0 Å². The molecule has 0 fully saturated rings. The Kier molecular flexibility index (Phi) is 2.94. The molecule has 0 amide bonds. The zero-order chi connectivity index (χ0) is 13.3. The fourth-order valence-corrected chi connectivity index (χ4v) is 1.58. The number of H-pyrrole nitrogens is 1. The average Bonchev–Trinajstić information content (AvgIpc) is 2.27. The Morgan fingerprint density at radius 3 is 2.56 bits per heavy atom. The van der Waals surface area contributed by atoms with Gasteiger partial charge in [-0.2, -0.15) is 13.2 Å². The number of alkyl halides is 3. The lowest BCUT2D eigenvalue weighted by atomic mass is 10.1. The van der Waals surface area contributed by atoms with Crippen LogP contribution in [-0.2, 0) is 6.18 Å². The first-order valence-corrected chi connectivity index (χ1v) is 5.11. The smallest absolute Gasteiger partial charge is 0.322 e. The highest BCUT2D eigenvalue weighted by atomic mass is 19.4. The van der Waals surface area contributed by atoms with Crippen molar-refractivity contribution in [2.45, 2.75) is 13.1 Å². The van der Waals surface area contributed by atoms with Crippen LogP contribution in [0.2, 0.25) is 0 Å². The van der Waals surface area contributed by atoms with Gasteiger partial charge in [-0.05, 0) is 25.1 Å². The van der Waals surface area contributed by atoms with Crippen LogP contribution >= 0.6 is 0 Å². The van der Waals surface area contributed by atoms with E-state index < -0.39 is 17.3 Å². The minimum atomic E-state index is -4.54. The Balaban J connectivity index is 2.59. The monoisotopic (exact) mass is 254 g/mol. The molecule has 0 bridgehead atoms. The van der Waals surface area contributed by atoms with Crippen molar-refractivity contribution in [2.24, 2.45) is 0 Å². The number of rotatable bonds is 1. The SMILES string of the molecule is Cc1cc(-c2cc(C(F)(F)F)cc(=O)[nH]2)ccn1. The van der Waals surface area contributed by atoms with Crippen molar-refractivity contribution < 1.29 is 13.2 Å². The second-order valence-electron chi connectivity index (χ2n) is 3.83. The molecule has 2 heterocycles. The first-order chi connectivity index (χ1) is 8.36. The highest BCUT2D eigenvalue weighted by Gasteiger charge is 2.31. The van der Waals surface area contributed by atoms with E-state index in [2.05, 4.69) is 9.97 Å². The average molecular weight is 254 g/mol. The van der Waals surface area contributed by atoms with Gasteiger partial charge in [0.05, 0.1) is 5.56 Å². The van der Waals surface area contributed by atoms with Crippen LogP contribution in [0.15, 0.2) is 35.3 Å². The van der Waals surface area contributed by atoms with Gasteiger partial charge in [-0.15, -0.1) is 0 Å². The van der Waals surface area contributed by atoms with Crippen LogP contribution in [0.3, 0.4) is 0 Å². The van der Waals surface area contributed by atoms with Crippen molar-refractivity contribution in [3.05, 3.63) is 52.1 Å². The van der Waals surface area contributed by atoms with E-state index in [1.54, 1.807) is 19.1 Å². The Morgan fingerprint density at radius 1 is 1.22 bits per heavy atom. The van der Waals surface area contributed by atoms with Gasteiger partial charge in [-0.25, -0.2) is 0 Å². The van der Waals surface area contributed by atoms with Crippen molar-refractivity contribution in [2.75, 3.05) is 0 Å². The minimum Gasteiger partial charge on any atom is -0.322 e. The van der Waals surface area contributed by atoms with Gasteiger partial charge >= 0.3 is 6.18 Å². The van der Waals surface area contributed by atoms with Gasteiger partial charge in [-0.1, -0.05) is 0 Å². The summed E-state index contributed by atoms with van der Waals surface area (Å²) >= 11 is 0. The van der Waals surface area contributed by atoms with Crippen molar-refractivity contribution in [3.63, 3.8) is 0 Å². The quantitative estimate of drug-likeness (QED) is 0.850. The van der Waals surface area contributed by atoms with Gasteiger partial charge < -0.3 is 4.98 Å². The molecule has 94 valence electrons. The molecule has 2 aromatic rings. The number of hydrogen-bond acceptors (Lipinski definition) is 2. The van der Waals surface area contributed by atoms with Crippen molar-refractivity contribution >= 4 is 0 Å². The maximum atomic E-state index is 12.6. The lowest BCUT2D eigenvalue weighted by Gasteiger charge is -2.08. The van der Waals surface area contributed by atoms with Gasteiger partial charge in [0.25, 0.3) is 0 Å². The van der Waals surface area contributed by atoms with Crippen LogP contribution < -0.4 is 5.56 Å². The molecule has 0 aromatic carbocycles. The first kappa shape index (κ1) is 12.3. The second-order valence-corrected chi connectivity index (χ2v) is 3.83. The predicted octanol–water partition coefficient (Wildman–Crippen LogP) is 2.76. The minimum absolute atomic E-state index is 0.125. The summed E-state index contributed by atoms with van der Waals surface area (Å²) in [6.45, 7) is 1.72. The summed E-state index contributed by atoms with van der Waals surface area (Å²) in [7, 11) is 0. The van der Waals surface area contributed by atoms with E-state index in [0.29, 0.717) is 17.3 Å². The summed E-state index contributed by atoms with van der Waals surface area (Å²) in [5.41, 5.74) is -0.471. The largest absolute Gasteiger partial charge is 0.416 e. The number of aromatic nitrogens is 2. The Hall–Kier alpha value is -2.11. The number of hydrogen-bond donors (Lipinski definition) is 1. The molecule has 0 aliphatic heterocycles. The number of nitrogens with zero attached hydrogens (tertiary/aromatic N) is 1. The fourth-order valence-electron chi connectivity index (χ4n) is 1.58. The number of halogens is 3. The standard InChI is InChI=1S/C12H9F3N2O/c1-7-4-8(2-3-16-7)10-5-9(12(13,14)15)6-11(18)17-10/h2-6H,1H3,(H,17,18). The van der Waals surface area contributed by atoms with Gasteiger partial charge in [0.1, 0.15) is 0 Å². The maximum absolute atomic E-state index is 12.6. The van der Waals surface area contributed by atoms with Crippen molar-refractivity contribution in [3.8, 4) is 11.3 Å². The van der Waals surface area contributed by atoms with E-state index in [4.69, 9.17) is 0 Å². The molecule has 0 saturated heterocycles. The summed E-state index contributed by atoms with van der Waals surface area (Å²) in [6, 6.07) is 4.59. The molecule has 3 nitrogen and oxygen atoms in total. The zero-order valence-electron chi connectivity index (χ0n) is 9.38. The third-order valence-electron chi connectivity index (χ3n) is 2.38. The molecule has 0 aliphatic rings. The van der Waals surface area contributed by atoms with E-state index in [-0.39, 0.29) is 5.69 Å². The van der Waals surface area contributed by atoms with E-state index >= 15 is 0 Å². The number of aryl methyl sites for hydroxylation is 1. The molecular weight excluding hydrogens is 245 g/mol. The molecule has 0 atom stereocenters. The molecule has 18 heavy (non-hydrogen) atoms. The summed E-state index contributed by atoms with van der Waals surface area (Å²) in [5.74, 6) is 0. The molecule has 6 heteroatoms. The molecule has 0 radical (unpaired) electrons. The topological polar surface area (TPSA) is 45.8 Å². The summed E-state index contributed by atoms with van der Waals surface area (Å²) < 4.78 is 37.7. The van der Waals surface area contributed by atoms with Crippen LogP contribution in [0.25, 0.3) is 11.3 Å². The zero-order valence-corrected chi connectivity index (χ0v) is 9.38. The van der Waals surface area contributed by atoms with Crippen LogP contribution in [-0.4, -0.2) is 9.97 Å². The predicted molar refractivity (Wildman–Crippen MR) is 60.0 cm³/mol. The number of aromatic amines is 1. The van der Waals surface area contributed by atoms with Crippen molar-refractivity contribution in [1.29, 1.82) is 0 Å². The summed E-state index contributed by atoms with van der Waals surface area (Å²) in [5, 5.41) is 0. The van der Waals surface area contributed by atoms with Crippen molar-refractivity contribution in [1.82, 2.24) is 9.97 Å². The molecule has 2 aromatic heterocycles. The molecule has 1 N–H and O–H groups in total. The summed E-state index contributed by atoms with van der Waals surface area (Å²) in [4.78, 5) is 17.6. The summed E-state index contributed by atoms with van der Waals surface area (Å²) in [6.07, 6.45) is -3.06. The van der Waals surface area contributed by atoms with Gasteiger partial charge in [0.2, 0.25) is 5.56 Å². The molecule has 0 spiro atoms. The Labute approximate surface area is 100 Å². The van der Waals surface area contributed by atoms with Crippen LogP contribution in [0.5, 0.6) is 0 Å². The van der Waals surface area contributed by atoms with Gasteiger partial charge in [0, 0.05) is 29.2 Å². The number of pyridine rings is 2. The van der Waals surface area contributed by atoms with E-state index in [1.807, 2.05) is 0 Å². The lowest BCUT2D eigenvalue weighted by molar-refractivity contribution is -0.137. The van der Waals surface area contributed by atoms with Crippen LogP contribution in [0.4, 0.5) is 13.2 Å². The third-order valence-corrected chi connectivity index (χ3v) is 2.38. The molecule has 2 rings (SSSR count). The highest BCUT2D eigenvalue weighted by molar-refractivity contribution is 5.59. The van der Waals surface area contributed by atoms with E-state index in [9.17, 15) is 18.0 Å². The Bertz CT molecular complexity index is 632. The fraction of sp³-hybridized carbons (Fsp3) is 0.167. The molecule has 0 unspecified atom stereocenters. The molecule has 0 saturated carbocycles. The van der Waals surface area contributed by atoms with Crippen LogP contribution in [0.1, 0.15) is 11.3 Å². The first-order valence-electron chi connectivity index (χ1n) is 5.11. The maximum Gasteiger partial charge on any atom is 0.416 e. The number of nitrogens with one attached hydrogen (secondary N) is 1. The second kappa shape index (κ2) is 4.29. The third kappa shape index (κ3) is 2.58. The Morgan fingerprint density at radius 2 is 1.94 bits per heavy atom. The van der Waals surface area contributed by atoms with E-state index in [0.717, 1.165) is 6.07 Å².